The number of fused-ring (bicyclic) bond motifs is 1. The molecule has 0 aliphatic carbocycles. The summed E-state index contributed by atoms with van der Waals surface area (Å²) in [6.45, 7) is 2.78. The van der Waals surface area contributed by atoms with Gasteiger partial charge in [0.05, 0.1) is 13.7 Å². The number of nitrogens with one attached hydrogen (secondary N) is 2. The largest absolute Gasteiger partial charge is 0.468 e. The van der Waals surface area contributed by atoms with Crippen LogP contribution in [0.2, 0.25) is 0 Å². The van der Waals surface area contributed by atoms with E-state index in [1.807, 2.05) is 0 Å². The van der Waals surface area contributed by atoms with Crippen LogP contribution in [-0.2, 0) is 32.7 Å². The molecule has 3 N–H and O–H groups in total. The van der Waals surface area contributed by atoms with Gasteiger partial charge in [-0.3, -0.25) is 18.6 Å². The molecule has 0 aromatic heterocycles. The summed E-state index contributed by atoms with van der Waals surface area (Å²) in [7, 11) is -2.69. The molecule has 0 aromatic rings. The van der Waals surface area contributed by atoms with Gasteiger partial charge in [-0.15, -0.1) is 12.6 Å². The number of aliphatic hydroxyl groups is 1. The molecule has 3 rings (SSSR count). The second-order valence-corrected chi connectivity index (χ2v) is 8.80. The third kappa shape index (κ3) is 3.88. The normalized spacial score (nSPS) is 42.4. The minimum Gasteiger partial charge on any atom is -0.468 e. The first-order chi connectivity index (χ1) is 12.6. The molecule has 7 atom stereocenters. The van der Waals surface area contributed by atoms with Gasteiger partial charge < -0.3 is 24.8 Å². The van der Waals surface area contributed by atoms with Crippen molar-refractivity contribution in [3.05, 3.63) is 12.3 Å². The highest BCUT2D eigenvalue weighted by atomic mass is 32.1. The monoisotopic (exact) mass is 423 g/mol. The van der Waals surface area contributed by atoms with Crippen molar-refractivity contribution in [3.8, 4) is 0 Å². The summed E-state index contributed by atoms with van der Waals surface area (Å²) in [5.41, 5.74) is -2.35. The van der Waals surface area contributed by atoms with E-state index in [2.05, 4.69) is 27.8 Å². The zero-order valence-corrected chi connectivity index (χ0v) is 16.7. The van der Waals surface area contributed by atoms with E-state index in [1.165, 1.54) is 38.1 Å². The molecule has 3 aliphatic heterocycles. The van der Waals surface area contributed by atoms with Crippen LogP contribution in [0.5, 0.6) is 0 Å². The van der Waals surface area contributed by atoms with Gasteiger partial charge in [-0.2, -0.15) is 0 Å². The average molecular weight is 423 g/mol. The SMILES string of the molecule is COC(=O)[C@H](C)NP1(=O)OC[C@H]2O[C@@H](N3C=CC(=O)NC3S)C(C)(O)C2O1. The quantitative estimate of drug-likeness (QED) is 0.261. The number of hydrogen-bond donors (Lipinski definition) is 4. The molecule has 1 amide bonds. The minimum atomic E-state index is -3.89. The lowest BCUT2D eigenvalue weighted by Gasteiger charge is -2.40. The van der Waals surface area contributed by atoms with Gasteiger partial charge in [-0.25, -0.2) is 9.65 Å². The van der Waals surface area contributed by atoms with Gasteiger partial charge in [-0.05, 0) is 13.8 Å². The summed E-state index contributed by atoms with van der Waals surface area (Å²) in [5, 5.41) is 16.1. The standard InChI is InChI=1S/C14H22N3O8PS/c1-7(11(19)22-3)16-26(21)23-6-8-10(25-26)14(2,20)12(24-8)17-5-4-9(18)15-13(17)27/h4-5,7-8,10,12-13,20,27H,6H2,1-3H3,(H,15,18)(H,16,21)/t7-,8+,10?,12+,13?,14?,26?/m0/s1. The Labute approximate surface area is 161 Å². The Bertz CT molecular complexity index is 704. The van der Waals surface area contributed by atoms with E-state index in [4.69, 9.17) is 13.8 Å². The van der Waals surface area contributed by atoms with Crippen molar-refractivity contribution < 1.29 is 37.8 Å². The Hall–Kier alpha value is -1.14. The van der Waals surface area contributed by atoms with Crippen molar-refractivity contribution in [1.82, 2.24) is 15.3 Å². The summed E-state index contributed by atoms with van der Waals surface area (Å²) in [5.74, 6) is -0.967. The molecule has 0 aromatic carbocycles. The van der Waals surface area contributed by atoms with E-state index in [0.717, 1.165) is 0 Å². The Morgan fingerprint density at radius 2 is 2.33 bits per heavy atom. The highest BCUT2D eigenvalue weighted by molar-refractivity contribution is 7.80. The minimum absolute atomic E-state index is 0.128. The molecule has 2 saturated heterocycles. The van der Waals surface area contributed by atoms with Crippen molar-refractivity contribution in [2.75, 3.05) is 13.7 Å². The maximum atomic E-state index is 12.9. The number of amides is 1. The predicted molar refractivity (Wildman–Crippen MR) is 94.2 cm³/mol. The van der Waals surface area contributed by atoms with E-state index in [0.29, 0.717) is 0 Å². The number of carbonyl (C=O) groups is 2. The molecule has 13 heteroatoms. The Kier molecular flexibility index (Phi) is 5.61. The topological polar surface area (TPSA) is 136 Å². The first kappa shape index (κ1) is 20.6. The molecule has 0 saturated carbocycles. The van der Waals surface area contributed by atoms with Gasteiger partial charge in [0, 0.05) is 12.3 Å². The van der Waals surface area contributed by atoms with Crippen molar-refractivity contribution >= 4 is 32.3 Å². The summed E-state index contributed by atoms with van der Waals surface area (Å²) in [6, 6.07) is -0.942. The average Bonchev–Trinajstić information content (AvgIpc) is 2.84. The van der Waals surface area contributed by atoms with Crippen molar-refractivity contribution in [1.29, 1.82) is 0 Å². The molecule has 4 unspecified atom stereocenters. The van der Waals surface area contributed by atoms with Crippen LogP contribution < -0.4 is 10.4 Å². The van der Waals surface area contributed by atoms with Gasteiger partial charge in [0.15, 0.2) is 6.23 Å². The highest BCUT2D eigenvalue weighted by Crippen LogP contribution is 2.54. The maximum Gasteiger partial charge on any atom is 0.406 e. The summed E-state index contributed by atoms with van der Waals surface area (Å²) >= 11 is 4.28. The number of hydrogen-bond acceptors (Lipinski definition) is 10. The molecule has 27 heavy (non-hydrogen) atoms. The summed E-state index contributed by atoms with van der Waals surface area (Å²) < 4.78 is 34.1. The van der Waals surface area contributed by atoms with E-state index in [9.17, 15) is 19.3 Å². The molecule has 152 valence electrons. The van der Waals surface area contributed by atoms with Crippen LogP contribution in [0.1, 0.15) is 13.8 Å². The lowest BCUT2D eigenvalue weighted by Crippen LogP contribution is -2.58. The fourth-order valence-electron chi connectivity index (χ4n) is 3.14. The second-order valence-electron chi connectivity index (χ2n) is 6.59. The molecular weight excluding hydrogens is 401 g/mol. The van der Waals surface area contributed by atoms with Crippen molar-refractivity contribution in [3.63, 3.8) is 0 Å². The van der Waals surface area contributed by atoms with Crippen LogP contribution in [0.3, 0.4) is 0 Å². The van der Waals surface area contributed by atoms with E-state index in [-0.39, 0.29) is 12.5 Å². The lowest BCUT2D eigenvalue weighted by atomic mass is 9.96. The summed E-state index contributed by atoms with van der Waals surface area (Å²) in [6.07, 6.45) is 0.0564. The number of methoxy groups -OCH3 is 1. The predicted octanol–water partition coefficient (Wildman–Crippen LogP) is -0.704. The van der Waals surface area contributed by atoms with Crippen LogP contribution in [0.15, 0.2) is 12.3 Å². The molecule has 2 fully saturated rings. The molecule has 0 radical (unpaired) electrons. The molecular formula is C14H22N3O8PS. The van der Waals surface area contributed by atoms with Crippen LogP contribution >= 0.6 is 20.4 Å². The van der Waals surface area contributed by atoms with Crippen molar-refractivity contribution in [2.24, 2.45) is 0 Å². The molecule has 3 heterocycles. The number of carbonyl (C=O) groups excluding carboxylic acids is 2. The maximum absolute atomic E-state index is 12.9. The zero-order chi connectivity index (χ0) is 20.0. The summed E-state index contributed by atoms with van der Waals surface area (Å²) in [4.78, 5) is 24.5. The van der Waals surface area contributed by atoms with Gasteiger partial charge in [-0.1, -0.05) is 0 Å². The Morgan fingerprint density at radius 1 is 1.63 bits per heavy atom. The number of ether oxygens (including phenoxy) is 2. The Morgan fingerprint density at radius 3 is 2.96 bits per heavy atom. The van der Waals surface area contributed by atoms with E-state index in [1.54, 1.807) is 0 Å². The van der Waals surface area contributed by atoms with Crippen molar-refractivity contribution in [2.45, 2.75) is 49.4 Å². The number of esters is 1. The molecule has 11 nitrogen and oxygen atoms in total. The second kappa shape index (κ2) is 7.36. The third-order valence-corrected chi connectivity index (χ3v) is 6.60. The molecule has 0 bridgehead atoms. The smallest absolute Gasteiger partial charge is 0.406 e. The molecule has 3 aliphatic rings. The first-order valence-electron chi connectivity index (χ1n) is 8.18. The lowest BCUT2D eigenvalue weighted by molar-refractivity contribution is -0.142. The Balaban J connectivity index is 1.77. The van der Waals surface area contributed by atoms with Gasteiger partial charge in [0.25, 0.3) is 0 Å². The van der Waals surface area contributed by atoms with Gasteiger partial charge in [0.2, 0.25) is 5.91 Å². The van der Waals surface area contributed by atoms with Gasteiger partial charge in [0.1, 0.15) is 29.3 Å². The number of thiol groups is 1. The number of nitrogens with zero attached hydrogens (tertiary/aromatic N) is 1. The van der Waals surface area contributed by atoms with E-state index < -0.39 is 49.3 Å². The van der Waals surface area contributed by atoms with Gasteiger partial charge >= 0.3 is 13.7 Å². The van der Waals surface area contributed by atoms with Crippen LogP contribution in [-0.4, -0.2) is 71.2 Å². The fraction of sp³-hybridized carbons (Fsp3) is 0.714. The third-order valence-electron chi connectivity index (χ3n) is 4.51. The van der Waals surface area contributed by atoms with Crippen LogP contribution in [0.4, 0.5) is 0 Å². The van der Waals surface area contributed by atoms with Crippen LogP contribution in [0.25, 0.3) is 0 Å². The molecule has 0 spiro atoms. The highest BCUT2D eigenvalue weighted by Gasteiger charge is 2.61. The first-order valence-corrected chi connectivity index (χ1v) is 10.2. The van der Waals surface area contributed by atoms with Crippen LogP contribution in [0, 0.1) is 0 Å². The zero-order valence-electron chi connectivity index (χ0n) is 14.9. The number of rotatable bonds is 4. The fourth-order valence-corrected chi connectivity index (χ4v) is 5.24. The van der Waals surface area contributed by atoms with E-state index >= 15 is 0 Å².